The third-order valence-electron chi connectivity index (χ3n) is 4.05. The molecule has 1 heterocycles. The van der Waals surface area contributed by atoms with Crippen LogP contribution in [0, 0.1) is 0 Å². The third kappa shape index (κ3) is 9.06. The highest BCUT2D eigenvalue weighted by Crippen LogP contribution is 1.99. The maximum absolute atomic E-state index is 5.25. The van der Waals surface area contributed by atoms with Crippen molar-refractivity contribution in [3.63, 3.8) is 0 Å². The number of aromatic nitrogens is 1. The molecule has 0 fully saturated rings. The Bertz CT molecular complexity index is 794. The van der Waals surface area contributed by atoms with E-state index in [-0.39, 0.29) is 0 Å². The Labute approximate surface area is 188 Å². The second-order valence-electron chi connectivity index (χ2n) is 6.42. The molecule has 0 bridgehead atoms. The lowest BCUT2D eigenvalue weighted by atomic mass is 10.1. The van der Waals surface area contributed by atoms with E-state index in [0.717, 1.165) is 48.6 Å². The van der Waals surface area contributed by atoms with Gasteiger partial charge in [-0.05, 0) is 68.8 Å². The highest BCUT2D eigenvalue weighted by atomic mass is 32.1. The molecule has 0 aliphatic heterocycles. The number of unbranched alkanes of at least 4 members (excludes halogenated alkanes) is 1. The largest absolute Gasteiger partial charge is 0.361 e. The maximum atomic E-state index is 5.25. The molecule has 0 saturated heterocycles. The molecule has 0 aliphatic carbocycles. The quantitative estimate of drug-likeness (QED) is 0.206. The van der Waals surface area contributed by atoms with Crippen LogP contribution in [0.2, 0.25) is 0 Å². The summed E-state index contributed by atoms with van der Waals surface area (Å²) in [7, 11) is 0. The molecular weight excluding hydrogens is 414 g/mol. The van der Waals surface area contributed by atoms with Gasteiger partial charge in [0.1, 0.15) is 0 Å². The first-order valence-electron chi connectivity index (χ1n) is 9.69. The van der Waals surface area contributed by atoms with Crippen LogP contribution in [0.3, 0.4) is 0 Å². The molecular formula is C21H27N7S2. The number of hydrazone groups is 2. The Kier molecular flexibility index (Phi) is 10.4. The van der Waals surface area contributed by atoms with E-state index >= 15 is 0 Å². The molecule has 7 nitrogen and oxygen atoms in total. The first-order valence-corrected chi connectivity index (χ1v) is 10.5. The molecule has 0 spiro atoms. The minimum absolute atomic E-state index is 0.487. The minimum atomic E-state index is 0.487. The number of hydrogen-bond acceptors (Lipinski definition) is 5. The molecule has 0 radical (unpaired) electrons. The Morgan fingerprint density at radius 1 is 0.800 bits per heavy atom. The lowest BCUT2D eigenvalue weighted by Crippen LogP contribution is -2.35. The molecule has 0 atom stereocenters. The van der Waals surface area contributed by atoms with E-state index < -0.39 is 0 Å². The first kappa shape index (κ1) is 23.4. The molecule has 2 rings (SSSR count). The third-order valence-corrected chi connectivity index (χ3v) is 4.52. The zero-order chi connectivity index (χ0) is 21.6. The first-order chi connectivity index (χ1) is 14.6. The van der Waals surface area contributed by atoms with Crippen LogP contribution >= 0.6 is 24.4 Å². The molecule has 0 saturated carbocycles. The fourth-order valence-electron chi connectivity index (χ4n) is 2.38. The highest BCUT2D eigenvalue weighted by Gasteiger charge is 2.00. The van der Waals surface area contributed by atoms with Crippen molar-refractivity contribution in [2.45, 2.75) is 26.7 Å². The van der Waals surface area contributed by atoms with E-state index in [9.17, 15) is 0 Å². The predicted molar refractivity (Wildman–Crippen MR) is 132 cm³/mol. The predicted octanol–water partition coefficient (Wildman–Crippen LogP) is 2.94. The van der Waals surface area contributed by atoms with E-state index in [4.69, 9.17) is 24.4 Å². The summed E-state index contributed by atoms with van der Waals surface area (Å²) in [6, 6.07) is 15.6. The minimum Gasteiger partial charge on any atom is -0.361 e. The summed E-state index contributed by atoms with van der Waals surface area (Å²) in [5.41, 5.74) is 9.23. The molecule has 158 valence electrons. The second kappa shape index (κ2) is 13.3. The van der Waals surface area contributed by atoms with Crippen molar-refractivity contribution in [3.8, 4) is 0 Å². The smallest absolute Gasteiger partial charge is 0.186 e. The van der Waals surface area contributed by atoms with Crippen LogP contribution < -0.4 is 21.5 Å². The van der Waals surface area contributed by atoms with Gasteiger partial charge in [0.05, 0.1) is 17.1 Å². The fourth-order valence-corrected chi connectivity index (χ4v) is 2.68. The topological polar surface area (TPSA) is 85.7 Å². The summed E-state index contributed by atoms with van der Waals surface area (Å²) in [4.78, 5) is 4.24. The number of hydrogen-bond donors (Lipinski definition) is 4. The Hall–Kier alpha value is -2.91. The van der Waals surface area contributed by atoms with Crippen LogP contribution in [-0.2, 0) is 0 Å². The van der Waals surface area contributed by atoms with Gasteiger partial charge in [0.25, 0.3) is 0 Å². The van der Waals surface area contributed by atoms with Gasteiger partial charge in [0.15, 0.2) is 10.2 Å². The van der Waals surface area contributed by atoms with Crippen molar-refractivity contribution in [2.75, 3.05) is 13.1 Å². The number of benzene rings is 1. The summed E-state index contributed by atoms with van der Waals surface area (Å²) < 4.78 is 0. The summed E-state index contributed by atoms with van der Waals surface area (Å²) in [6.45, 7) is 5.32. The normalized spacial score (nSPS) is 11.5. The Balaban J connectivity index is 1.55. The molecule has 30 heavy (non-hydrogen) atoms. The molecule has 9 heteroatoms. The van der Waals surface area contributed by atoms with Crippen molar-refractivity contribution >= 4 is 46.1 Å². The number of thiocarbonyl (C=S) groups is 2. The summed E-state index contributed by atoms with van der Waals surface area (Å²) >= 11 is 10.5. The van der Waals surface area contributed by atoms with E-state index in [1.807, 2.05) is 62.4 Å². The van der Waals surface area contributed by atoms with Crippen molar-refractivity contribution in [1.29, 1.82) is 0 Å². The Morgan fingerprint density at radius 3 is 1.93 bits per heavy atom. The van der Waals surface area contributed by atoms with Gasteiger partial charge in [-0.25, -0.2) is 0 Å². The van der Waals surface area contributed by atoms with Gasteiger partial charge < -0.3 is 10.6 Å². The van der Waals surface area contributed by atoms with Crippen molar-refractivity contribution in [3.05, 3.63) is 66.0 Å². The van der Waals surface area contributed by atoms with Crippen LogP contribution in [0.15, 0.2) is 64.9 Å². The summed E-state index contributed by atoms with van der Waals surface area (Å²) in [6.07, 6.45) is 3.61. The van der Waals surface area contributed by atoms with Crippen LogP contribution in [0.1, 0.15) is 37.9 Å². The van der Waals surface area contributed by atoms with Crippen LogP contribution in [0.4, 0.5) is 0 Å². The lowest BCUT2D eigenvalue weighted by Gasteiger charge is -2.09. The standard InChI is InChI=1S/C21H27N7S2/c1-16(18-10-4-3-5-11-18)25-27-20(29)23-14-8-9-15-24-21(30)28-26-17(2)19-12-6-7-13-22-19/h3-7,10-13H,8-9,14-15H2,1-2H3,(H2,23,27,29)(H2,24,28,30). The number of nitrogens with zero attached hydrogens (tertiary/aromatic N) is 3. The van der Waals surface area contributed by atoms with E-state index in [1.165, 1.54) is 0 Å². The molecule has 0 amide bonds. The van der Waals surface area contributed by atoms with Crippen molar-refractivity contribution < 1.29 is 0 Å². The lowest BCUT2D eigenvalue weighted by molar-refractivity contribution is 0.682. The van der Waals surface area contributed by atoms with Gasteiger partial charge in [0, 0.05) is 19.3 Å². The van der Waals surface area contributed by atoms with Gasteiger partial charge >= 0.3 is 0 Å². The van der Waals surface area contributed by atoms with Crippen LogP contribution in [0.5, 0.6) is 0 Å². The zero-order valence-corrected chi connectivity index (χ0v) is 18.8. The molecule has 1 aromatic carbocycles. The number of nitrogens with one attached hydrogen (secondary N) is 4. The average molecular weight is 442 g/mol. The van der Waals surface area contributed by atoms with Gasteiger partial charge in [-0.2, -0.15) is 10.2 Å². The van der Waals surface area contributed by atoms with E-state index in [0.29, 0.717) is 10.2 Å². The number of pyridine rings is 1. The van der Waals surface area contributed by atoms with Gasteiger partial charge in [-0.3, -0.25) is 15.8 Å². The monoisotopic (exact) mass is 441 g/mol. The average Bonchev–Trinajstić information content (AvgIpc) is 2.79. The summed E-state index contributed by atoms with van der Waals surface area (Å²) in [5, 5.41) is 15.8. The summed E-state index contributed by atoms with van der Waals surface area (Å²) in [5.74, 6) is 0. The van der Waals surface area contributed by atoms with Gasteiger partial charge in [-0.15, -0.1) is 0 Å². The van der Waals surface area contributed by atoms with Crippen molar-refractivity contribution in [2.24, 2.45) is 10.2 Å². The highest BCUT2D eigenvalue weighted by molar-refractivity contribution is 7.80. The molecule has 1 aromatic heterocycles. The fraction of sp³-hybridized carbons (Fsp3) is 0.286. The van der Waals surface area contributed by atoms with Gasteiger partial charge in [-0.1, -0.05) is 36.4 Å². The molecule has 2 aromatic rings. The maximum Gasteiger partial charge on any atom is 0.186 e. The van der Waals surface area contributed by atoms with Crippen LogP contribution in [-0.4, -0.2) is 39.7 Å². The zero-order valence-electron chi connectivity index (χ0n) is 17.2. The Morgan fingerprint density at radius 2 is 1.37 bits per heavy atom. The van der Waals surface area contributed by atoms with E-state index in [2.05, 4.69) is 36.7 Å². The SMILES string of the molecule is CC(=NNC(=S)NCCCCNC(=S)NN=C(C)c1ccccn1)c1ccccc1. The van der Waals surface area contributed by atoms with Gasteiger partial charge in [0.2, 0.25) is 0 Å². The molecule has 4 N–H and O–H groups in total. The molecule has 0 aliphatic rings. The second-order valence-corrected chi connectivity index (χ2v) is 7.23. The van der Waals surface area contributed by atoms with Crippen LogP contribution in [0.25, 0.3) is 0 Å². The van der Waals surface area contributed by atoms with Crippen molar-refractivity contribution in [1.82, 2.24) is 26.5 Å². The van der Waals surface area contributed by atoms with E-state index in [1.54, 1.807) is 6.20 Å². The number of rotatable bonds is 9. The molecule has 0 unspecified atom stereocenters.